The molecule has 0 radical (unpaired) electrons. The third-order valence-corrected chi connectivity index (χ3v) is 8.14. The molecular weight excluding hydrogens is 452 g/mol. The summed E-state index contributed by atoms with van der Waals surface area (Å²) in [5.41, 5.74) is 3.59. The molecule has 7 heteroatoms. The fourth-order valence-corrected chi connectivity index (χ4v) is 5.70. The minimum absolute atomic E-state index is 0.0410. The van der Waals surface area contributed by atoms with Crippen molar-refractivity contribution in [1.29, 1.82) is 0 Å². The van der Waals surface area contributed by atoms with Gasteiger partial charge in [-0.15, -0.1) is 0 Å². The highest BCUT2D eigenvalue weighted by Crippen LogP contribution is 2.40. The number of morpholine rings is 1. The Hall–Kier alpha value is -2.12. The van der Waals surface area contributed by atoms with E-state index in [4.69, 9.17) is 25.8 Å². The maximum Gasteiger partial charge on any atom is 0.255 e. The Morgan fingerprint density at radius 1 is 0.971 bits per heavy atom. The van der Waals surface area contributed by atoms with Crippen molar-refractivity contribution in [1.82, 2.24) is 9.80 Å². The number of fused-ring (bicyclic) bond motifs is 1. The van der Waals surface area contributed by atoms with Gasteiger partial charge in [0, 0.05) is 50.6 Å². The molecule has 2 aromatic rings. The number of carbonyl (C=O) groups excluding carboxylic acids is 1. The van der Waals surface area contributed by atoms with Crippen molar-refractivity contribution in [3.63, 3.8) is 0 Å². The van der Waals surface area contributed by atoms with Crippen molar-refractivity contribution in [3.8, 4) is 16.9 Å². The first-order valence-electron chi connectivity index (χ1n) is 12.5. The summed E-state index contributed by atoms with van der Waals surface area (Å²) in [7, 11) is 0. The van der Waals surface area contributed by atoms with E-state index in [1.807, 2.05) is 24.3 Å². The fourth-order valence-electron chi connectivity index (χ4n) is 5.44. The Morgan fingerprint density at radius 2 is 1.71 bits per heavy atom. The molecule has 0 aromatic heterocycles. The molecule has 3 aliphatic heterocycles. The van der Waals surface area contributed by atoms with Crippen LogP contribution in [0.15, 0.2) is 36.4 Å². The molecule has 0 unspecified atom stereocenters. The van der Waals surface area contributed by atoms with E-state index in [0.29, 0.717) is 43.5 Å². The van der Waals surface area contributed by atoms with Crippen LogP contribution in [0.25, 0.3) is 11.1 Å². The zero-order valence-corrected chi connectivity index (χ0v) is 20.2. The monoisotopic (exact) mass is 482 g/mol. The maximum atomic E-state index is 12.8. The summed E-state index contributed by atoms with van der Waals surface area (Å²) in [6.07, 6.45) is 5.88. The van der Waals surface area contributed by atoms with Gasteiger partial charge in [0.05, 0.1) is 30.4 Å². The summed E-state index contributed by atoms with van der Waals surface area (Å²) in [6, 6.07) is 12.7. The highest BCUT2D eigenvalue weighted by Gasteiger charge is 2.42. The summed E-state index contributed by atoms with van der Waals surface area (Å²) in [6.45, 7) is 4.98. The highest BCUT2D eigenvalue weighted by atomic mass is 35.5. The van der Waals surface area contributed by atoms with Gasteiger partial charge >= 0.3 is 0 Å². The molecule has 1 spiro atoms. The second-order valence-electron chi connectivity index (χ2n) is 9.84. The van der Waals surface area contributed by atoms with E-state index < -0.39 is 5.79 Å². The minimum atomic E-state index is -0.487. The average molecular weight is 483 g/mol. The number of hydrogen-bond donors (Lipinski definition) is 0. The van der Waals surface area contributed by atoms with E-state index in [2.05, 4.69) is 17.0 Å². The first kappa shape index (κ1) is 22.4. The molecule has 1 amide bonds. The van der Waals surface area contributed by atoms with Gasteiger partial charge in [-0.1, -0.05) is 30.2 Å². The van der Waals surface area contributed by atoms with Crippen LogP contribution >= 0.6 is 11.6 Å². The predicted octanol–water partition coefficient (Wildman–Crippen LogP) is 4.73. The molecule has 0 atom stereocenters. The fraction of sp³-hybridized carbons (Fsp3) is 0.519. The van der Waals surface area contributed by atoms with E-state index in [-0.39, 0.29) is 5.91 Å². The molecule has 1 aliphatic carbocycles. The first-order valence-corrected chi connectivity index (χ1v) is 12.8. The molecule has 180 valence electrons. The maximum absolute atomic E-state index is 12.8. The van der Waals surface area contributed by atoms with Crippen molar-refractivity contribution in [2.24, 2.45) is 0 Å². The van der Waals surface area contributed by atoms with Crippen LogP contribution in [0.2, 0.25) is 5.02 Å². The summed E-state index contributed by atoms with van der Waals surface area (Å²) in [4.78, 5) is 17.2. The quantitative estimate of drug-likeness (QED) is 0.633. The largest absolute Gasteiger partial charge is 0.462 e. The molecule has 3 fully saturated rings. The van der Waals surface area contributed by atoms with Crippen molar-refractivity contribution < 1.29 is 19.0 Å². The van der Waals surface area contributed by atoms with E-state index in [1.54, 1.807) is 4.90 Å². The van der Waals surface area contributed by atoms with Gasteiger partial charge in [-0.2, -0.15) is 0 Å². The summed E-state index contributed by atoms with van der Waals surface area (Å²) in [5, 5.41) is 0.469. The highest BCUT2D eigenvalue weighted by molar-refractivity contribution is 6.34. The van der Waals surface area contributed by atoms with Crippen LogP contribution in [0.4, 0.5) is 0 Å². The molecule has 1 saturated carbocycles. The molecule has 3 heterocycles. The lowest BCUT2D eigenvalue weighted by molar-refractivity contribution is -0.231. The number of amides is 1. The second-order valence-corrected chi connectivity index (χ2v) is 10.3. The van der Waals surface area contributed by atoms with Crippen LogP contribution in [0.3, 0.4) is 0 Å². The Bertz CT molecular complexity index is 1070. The Morgan fingerprint density at radius 3 is 2.41 bits per heavy atom. The van der Waals surface area contributed by atoms with E-state index in [1.165, 1.54) is 19.3 Å². The lowest BCUT2D eigenvalue weighted by atomic mass is 9.89. The van der Waals surface area contributed by atoms with Gasteiger partial charge in [0.2, 0.25) is 5.79 Å². The molecule has 6 rings (SSSR count). The van der Waals surface area contributed by atoms with Crippen LogP contribution in [-0.2, 0) is 16.1 Å². The zero-order valence-electron chi connectivity index (χ0n) is 19.4. The Balaban J connectivity index is 1.15. The average Bonchev–Trinajstić information content (AvgIpc) is 2.84. The molecule has 6 nitrogen and oxygen atoms in total. The van der Waals surface area contributed by atoms with Crippen LogP contribution in [0, 0.1) is 0 Å². The van der Waals surface area contributed by atoms with E-state index in [0.717, 1.165) is 54.4 Å². The smallest absolute Gasteiger partial charge is 0.255 e. The molecule has 2 aromatic carbocycles. The van der Waals surface area contributed by atoms with E-state index in [9.17, 15) is 4.79 Å². The van der Waals surface area contributed by atoms with Gasteiger partial charge in [0.15, 0.2) is 0 Å². The number of hydrogen-bond acceptors (Lipinski definition) is 5. The third kappa shape index (κ3) is 4.22. The van der Waals surface area contributed by atoms with Gasteiger partial charge in [-0.3, -0.25) is 9.69 Å². The predicted molar refractivity (Wildman–Crippen MR) is 130 cm³/mol. The van der Waals surface area contributed by atoms with Crippen LogP contribution < -0.4 is 4.74 Å². The molecule has 0 bridgehead atoms. The number of rotatable bonds is 3. The number of carbonyl (C=O) groups is 1. The molecule has 0 N–H and O–H groups in total. The van der Waals surface area contributed by atoms with Gasteiger partial charge in [-0.25, -0.2) is 0 Å². The molecule has 34 heavy (non-hydrogen) atoms. The SMILES string of the molecule is O=C(c1ccc(-c2ccc3c(c2)COC2(CCN(C4CCC4)CC2)O3)cc1Cl)N1CCOCC1. The van der Waals surface area contributed by atoms with Crippen molar-refractivity contribution in [3.05, 3.63) is 52.5 Å². The molecule has 4 aliphatic rings. The lowest BCUT2D eigenvalue weighted by Gasteiger charge is -2.47. The van der Waals surface area contributed by atoms with Crippen molar-refractivity contribution in [2.75, 3.05) is 39.4 Å². The normalized spacial score (nSPS) is 22.7. The third-order valence-electron chi connectivity index (χ3n) is 7.83. The van der Waals surface area contributed by atoms with Gasteiger partial charge in [0.25, 0.3) is 5.91 Å². The first-order chi connectivity index (χ1) is 16.6. The van der Waals surface area contributed by atoms with Crippen LogP contribution in [0.5, 0.6) is 5.75 Å². The number of halogens is 1. The summed E-state index contributed by atoms with van der Waals surface area (Å²) in [5.74, 6) is 0.387. The standard InChI is InChI=1S/C27H31ClN2O4/c28-24-17-20(4-6-23(24)26(31)30-12-14-32-15-13-30)19-5-7-25-21(16-19)18-33-27(34-25)8-10-29(11-9-27)22-2-1-3-22/h4-7,16-17,22H,1-3,8-15,18H2. The van der Waals surface area contributed by atoms with Gasteiger partial charge < -0.3 is 19.1 Å². The summed E-state index contributed by atoms with van der Waals surface area (Å²) >= 11 is 6.55. The number of piperidine rings is 1. The minimum Gasteiger partial charge on any atom is -0.462 e. The molecular formula is C27H31ClN2O4. The summed E-state index contributed by atoms with van der Waals surface area (Å²) < 4.78 is 18.1. The number of benzene rings is 2. The van der Waals surface area contributed by atoms with Crippen LogP contribution in [0.1, 0.15) is 48.0 Å². The zero-order chi connectivity index (χ0) is 23.1. The topological polar surface area (TPSA) is 51.2 Å². The van der Waals surface area contributed by atoms with Crippen molar-refractivity contribution in [2.45, 2.75) is 50.5 Å². The van der Waals surface area contributed by atoms with Gasteiger partial charge in [-0.05, 0) is 48.2 Å². The van der Waals surface area contributed by atoms with Crippen LogP contribution in [-0.4, -0.2) is 66.9 Å². The number of nitrogens with zero attached hydrogens (tertiary/aromatic N) is 2. The lowest BCUT2D eigenvalue weighted by Crippen LogP contribution is -2.54. The number of likely N-dealkylation sites (tertiary alicyclic amines) is 1. The van der Waals surface area contributed by atoms with Crippen molar-refractivity contribution >= 4 is 17.5 Å². The number of ether oxygens (including phenoxy) is 3. The van der Waals surface area contributed by atoms with Gasteiger partial charge in [0.1, 0.15) is 5.75 Å². The Kier molecular flexibility index (Phi) is 6.02. The molecule has 2 saturated heterocycles. The Labute approximate surface area is 205 Å². The second kappa shape index (κ2) is 9.15. The van der Waals surface area contributed by atoms with E-state index >= 15 is 0 Å².